The number of nitrogens with one attached hydrogen (secondary N) is 1. The molecule has 0 spiro atoms. The first-order chi connectivity index (χ1) is 17.1. The van der Waals surface area contributed by atoms with Gasteiger partial charge in [-0.1, -0.05) is 62.7 Å². The number of nitrogens with zero attached hydrogens (tertiary/aromatic N) is 2. The average molecular weight is 496 g/mol. The predicted molar refractivity (Wildman–Crippen MR) is 145 cm³/mol. The van der Waals surface area contributed by atoms with Gasteiger partial charge in [-0.3, -0.25) is 0 Å². The molecule has 0 aliphatic carbocycles. The van der Waals surface area contributed by atoms with Gasteiger partial charge in [-0.05, 0) is 59.4 Å². The summed E-state index contributed by atoms with van der Waals surface area (Å²) in [4.78, 5) is 8.80. The first-order valence-electron chi connectivity index (χ1n) is 12.2. The number of H-pyrrole nitrogens is 1. The fourth-order valence-electron chi connectivity index (χ4n) is 5.11. The Morgan fingerprint density at radius 1 is 0.889 bits per heavy atom. The van der Waals surface area contributed by atoms with E-state index in [1.807, 2.05) is 43.5 Å². The molecule has 0 saturated heterocycles. The number of rotatable bonds is 3. The lowest BCUT2D eigenvalue weighted by molar-refractivity contribution is 0.432. The number of fused-ring (bicyclic) bond motifs is 4. The molecule has 3 heterocycles. The molecule has 1 aliphatic heterocycles. The van der Waals surface area contributed by atoms with Gasteiger partial charge >= 0.3 is 0 Å². The third kappa shape index (κ3) is 3.64. The summed E-state index contributed by atoms with van der Waals surface area (Å²) in [6.07, 6.45) is 1.99. The van der Waals surface area contributed by atoms with Crippen LogP contribution in [0.3, 0.4) is 0 Å². The van der Waals surface area contributed by atoms with Gasteiger partial charge < -0.3 is 4.98 Å². The van der Waals surface area contributed by atoms with Crippen LogP contribution in [0, 0.1) is 6.92 Å². The molecule has 0 fully saturated rings. The van der Waals surface area contributed by atoms with E-state index in [1.54, 1.807) is 16.4 Å². The molecule has 2 aromatic heterocycles. The number of hydrogen-bond donors (Lipinski definition) is 1. The first-order valence-corrected chi connectivity index (χ1v) is 13.7. The highest BCUT2D eigenvalue weighted by molar-refractivity contribution is 7.89. The van der Waals surface area contributed by atoms with Crippen molar-refractivity contribution < 1.29 is 8.42 Å². The van der Waals surface area contributed by atoms with Gasteiger partial charge in [0.05, 0.1) is 16.1 Å². The van der Waals surface area contributed by atoms with Crippen molar-refractivity contribution in [3.8, 4) is 11.3 Å². The summed E-state index contributed by atoms with van der Waals surface area (Å²) in [5, 5.41) is 2.11. The second-order valence-corrected chi connectivity index (χ2v) is 12.7. The van der Waals surface area contributed by atoms with E-state index >= 15 is 0 Å². The van der Waals surface area contributed by atoms with Gasteiger partial charge in [0.15, 0.2) is 0 Å². The van der Waals surface area contributed by atoms with Crippen LogP contribution in [0.25, 0.3) is 33.1 Å². The van der Waals surface area contributed by atoms with E-state index in [4.69, 9.17) is 4.98 Å². The highest BCUT2D eigenvalue weighted by Gasteiger charge is 2.34. The minimum Gasteiger partial charge on any atom is -0.360 e. The highest BCUT2D eigenvalue weighted by atomic mass is 32.2. The lowest BCUT2D eigenvalue weighted by Crippen LogP contribution is -2.25. The second-order valence-electron chi connectivity index (χ2n) is 10.7. The van der Waals surface area contributed by atoms with Crippen molar-refractivity contribution in [2.45, 2.75) is 51.1 Å². The van der Waals surface area contributed by atoms with Crippen molar-refractivity contribution in [2.24, 2.45) is 0 Å². The number of pyridine rings is 1. The number of para-hydroxylation sites is 1. The third-order valence-corrected chi connectivity index (χ3v) is 9.05. The summed E-state index contributed by atoms with van der Waals surface area (Å²) >= 11 is 0. The zero-order valence-electron chi connectivity index (χ0n) is 21.0. The number of sulfonamides is 1. The molecule has 5 aromatic rings. The molecule has 1 N–H and O–H groups in total. The zero-order valence-corrected chi connectivity index (χ0v) is 21.8. The molecule has 0 amide bonds. The maximum Gasteiger partial charge on any atom is 0.243 e. The zero-order chi connectivity index (χ0) is 25.2. The summed E-state index contributed by atoms with van der Waals surface area (Å²) < 4.78 is 29.0. The number of hydrogen-bond acceptors (Lipinski definition) is 3. The number of aromatic nitrogens is 2. The molecule has 0 radical (unpaired) electrons. The first kappa shape index (κ1) is 23.0. The summed E-state index contributed by atoms with van der Waals surface area (Å²) in [5.41, 5.74) is 8.01. The van der Waals surface area contributed by atoms with Gasteiger partial charge in [-0.2, -0.15) is 4.31 Å². The standard InChI is InChI=1S/C30H29N3O2S/c1-19-9-12-21(13-10-19)36(34,35)33-17-25-23-15-20(30(2,3)4)11-14-28(23)32-29(26(25)18-33)24-16-31-27-8-6-5-7-22(24)27/h5-16,31H,17-18H2,1-4H3. The van der Waals surface area contributed by atoms with Crippen LogP contribution in [0.1, 0.15) is 43.0 Å². The smallest absolute Gasteiger partial charge is 0.243 e. The Bertz CT molecular complexity index is 1740. The van der Waals surface area contributed by atoms with Gasteiger partial charge in [-0.15, -0.1) is 0 Å². The molecule has 0 atom stereocenters. The van der Waals surface area contributed by atoms with E-state index in [1.165, 1.54) is 5.56 Å². The number of benzene rings is 3. The fraction of sp³-hybridized carbons (Fsp3) is 0.233. The van der Waals surface area contributed by atoms with E-state index < -0.39 is 10.0 Å². The van der Waals surface area contributed by atoms with Crippen molar-refractivity contribution in [3.05, 3.63) is 95.2 Å². The Kier molecular flexibility index (Phi) is 5.11. The summed E-state index contributed by atoms with van der Waals surface area (Å²) in [5.74, 6) is 0. The Morgan fingerprint density at radius 2 is 1.61 bits per heavy atom. The lowest BCUT2D eigenvalue weighted by Gasteiger charge is -2.20. The predicted octanol–water partition coefficient (Wildman–Crippen LogP) is 6.69. The van der Waals surface area contributed by atoms with Crippen molar-refractivity contribution in [2.75, 3.05) is 0 Å². The number of aromatic amines is 1. The van der Waals surface area contributed by atoms with Gasteiger partial charge in [0.2, 0.25) is 10.0 Å². The minimum atomic E-state index is -3.66. The van der Waals surface area contributed by atoms with Crippen LogP contribution in [0.2, 0.25) is 0 Å². The van der Waals surface area contributed by atoms with Gasteiger partial charge in [-0.25, -0.2) is 13.4 Å². The molecule has 0 saturated carbocycles. The quantitative estimate of drug-likeness (QED) is 0.303. The van der Waals surface area contributed by atoms with E-state index in [9.17, 15) is 8.42 Å². The topological polar surface area (TPSA) is 66.1 Å². The van der Waals surface area contributed by atoms with Gasteiger partial charge in [0, 0.05) is 41.1 Å². The monoisotopic (exact) mass is 495 g/mol. The van der Waals surface area contributed by atoms with Gasteiger partial charge in [0.1, 0.15) is 0 Å². The van der Waals surface area contributed by atoms with Crippen LogP contribution in [0.15, 0.2) is 77.8 Å². The Balaban J connectivity index is 1.57. The average Bonchev–Trinajstić information content (AvgIpc) is 3.49. The van der Waals surface area contributed by atoms with Crippen LogP contribution in [-0.4, -0.2) is 22.7 Å². The van der Waals surface area contributed by atoms with Gasteiger partial charge in [0.25, 0.3) is 0 Å². The van der Waals surface area contributed by atoms with Crippen LogP contribution < -0.4 is 0 Å². The molecule has 182 valence electrons. The Hall–Kier alpha value is -3.48. The molecular weight excluding hydrogens is 466 g/mol. The number of aryl methyl sites for hydroxylation is 1. The Labute approximate surface area is 211 Å². The minimum absolute atomic E-state index is 0.0249. The second kappa shape index (κ2) is 8.02. The van der Waals surface area contributed by atoms with E-state index in [-0.39, 0.29) is 5.41 Å². The molecule has 5 nitrogen and oxygen atoms in total. The van der Waals surface area contributed by atoms with E-state index in [0.29, 0.717) is 18.0 Å². The molecule has 3 aromatic carbocycles. The summed E-state index contributed by atoms with van der Waals surface area (Å²) in [6.45, 7) is 9.15. The molecule has 0 unspecified atom stereocenters. The molecule has 0 bridgehead atoms. The highest BCUT2D eigenvalue weighted by Crippen LogP contribution is 2.41. The van der Waals surface area contributed by atoms with Crippen molar-refractivity contribution in [3.63, 3.8) is 0 Å². The lowest BCUT2D eigenvalue weighted by atomic mass is 9.85. The maximum absolute atomic E-state index is 13.7. The third-order valence-electron chi connectivity index (χ3n) is 7.24. The largest absolute Gasteiger partial charge is 0.360 e. The Morgan fingerprint density at radius 3 is 2.36 bits per heavy atom. The molecule has 1 aliphatic rings. The molecular formula is C30H29N3O2S. The van der Waals surface area contributed by atoms with E-state index in [2.05, 4.69) is 50.0 Å². The van der Waals surface area contributed by atoms with Crippen LogP contribution in [0.4, 0.5) is 0 Å². The summed E-state index contributed by atoms with van der Waals surface area (Å²) in [6, 6.07) is 21.6. The molecule has 36 heavy (non-hydrogen) atoms. The van der Waals surface area contributed by atoms with Crippen LogP contribution in [0.5, 0.6) is 0 Å². The van der Waals surface area contributed by atoms with E-state index in [0.717, 1.165) is 49.8 Å². The SMILES string of the molecule is Cc1ccc(S(=O)(=O)N2Cc3c(-c4c[nH]c5ccccc45)nc4ccc(C(C)(C)C)cc4c3C2)cc1. The van der Waals surface area contributed by atoms with Crippen LogP contribution >= 0.6 is 0 Å². The fourth-order valence-corrected chi connectivity index (χ4v) is 6.49. The maximum atomic E-state index is 13.7. The van der Waals surface area contributed by atoms with Crippen LogP contribution in [-0.2, 0) is 28.5 Å². The molecule has 6 rings (SSSR count). The molecule has 6 heteroatoms. The normalized spacial score (nSPS) is 14.6. The summed E-state index contributed by atoms with van der Waals surface area (Å²) in [7, 11) is -3.66. The van der Waals surface area contributed by atoms with Crippen molar-refractivity contribution in [1.29, 1.82) is 0 Å². The van der Waals surface area contributed by atoms with Crippen molar-refractivity contribution >= 4 is 31.8 Å². The van der Waals surface area contributed by atoms with Crippen molar-refractivity contribution in [1.82, 2.24) is 14.3 Å².